The molecule has 3 unspecified atom stereocenters. The molecular formula is C15H24ClNO. The van der Waals surface area contributed by atoms with Gasteiger partial charge in [-0.15, -0.1) is 11.6 Å². The highest BCUT2D eigenvalue weighted by Crippen LogP contribution is 2.56. The molecule has 1 saturated heterocycles. The number of carbonyl (C=O) groups excluding carboxylic acids is 1. The molecule has 0 aromatic carbocycles. The first-order chi connectivity index (χ1) is 8.68. The van der Waals surface area contributed by atoms with Gasteiger partial charge in [-0.1, -0.05) is 12.8 Å². The van der Waals surface area contributed by atoms with Crippen molar-refractivity contribution in [3.05, 3.63) is 0 Å². The van der Waals surface area contributed by atoms with E-state index in [0.29, 0.717) is 17.7 Å². The predicted octanol–water partition coefficient (Wildman–Crippen LogP) is 3.29. The Labute approximate surface area is 115 Å². The molecule has 0 aromatic heterocycles. The van der Waals surface area contributed by atoms with Gasteiger partial charge in [0.05, 0.1) is 0 Å². The number of piperidine rings is 1. The molecule has 102 valence electrons. The Kier molecular flexibility index (Phi) is 3.57. The van der Waals surface area contributed by atoms with E-state index in [4.69, 9.17) is 11.6 Å². The first kappa shape index (κ1) is 12.8. The third-order valence-electron chi connectivity index (χ3n) is 5.44. The third-order valence-corrected chi connectivity index (χ3v) is 5.80. The first-order valence-corrected chi connectivity index (χ1v) is 8.05. The van der Waals surface area contributed by atoms with Gasteiger partial charge in [-0.2, -0.15) is 0 Å². The van der Waals surface area contributed by atoms with Crippen LogP contribution in [0.3, 0.4) is 0 Å². The van der Waals surface area contributed by atoms with Gasteiger partial charge < -0.3 is 4.90 Å². The van der Waals surface area contributed by atoms with Crippen molar-refractivity contribution in [1.82, 2.24) is 4.90 Å². The van der Waals surface area contributed by atoms with Crippen molar-refractivity contribution >= 4 is 17.5 Å². The Morgan fingerprint density at radius 3 is 2.17 bits per heavy atom. The van der Waals surface area contributed by atoms with E-state index >= 15 is 0 Å². The summed E-state index contributed by atoms with van der Waals surface area (Å²) < 4.78 is 0. The average molecular weight is 270 g/mol. The number of hydrogen-bond acceptors (Lipinski definition) is 1. The van der Waals surface area contributed by atoms with Gasteiger partial charge in [-0.3, -0.25) is 4.79 Å². The topological polar surface area (TPSA) is 20.3 Å². The first-order valence-electron chi connectivity index (χ1n) is 7.61. The number of halogens is 1. The summed E-state index contributed by atoms with van der Waals surface area (Å²) in [5.74, 6) is 2.97. The smallest absolute Gasteiger partial charge is 0.226 e. The SMILES string of the molecule is CC(Cl)C1CCN(C(=O)C2C3CCCCC32)CC1. The zero-order chi connectivity index (χ0) is 12.7. The predicted molar refractivity (Wildman–Crippen MR) is 73.6 cm³/mol. The largest absolute Gasteiger partial charge is 0.342 e. The summed E-state index contributed by atoms with van der Waals surface area (Å²) in [4.78, 5) is 14.6. The van der Waals surface area contributed by atoms with Crippen molar-refractivity contribution in [2.45, 2.75) is 50.8 Å². The van der Waals surface area contributed by atoms with Gasteiger partial charge in [0.2, 0.25) is 5.91 Å². The lowest BCUT2D eigenvalue weighted by atomic mass is 9.93. The van der Waals surface area contributed by atoms with E-state index in [1.54, 1.807) is 0 Å². The second kappa shape index (κ2) is 5.03. The number of likely N-dealkylation sites (tertiary alicyclic amines) is 1. The van der Waals surface area contributed by atoms with Crippen LogP contribution in [0.15, 0.2) is 0 Å². The van der Waals surface area contributed by atoms with E-state index < -0.39 is 0 Å². The lowest BCUT2D eigenvalue weighted by Gasteiger charge is -2.33. The van der Waals surface area contributed by atoms with Gasteiger partial charge in [-0.05, 0) is 50.4 Å². The molecule has 0 spiro atoms. The molecule has 3 fully saturated rings. The molecule has 3 atom stereocenters. The van der Waals surface area contributed by atoms with Gasteiger partial charge in [-0.25, -0.2) is 0 Å². The highest BCUT2D eigenvalue weighted by Gasteiger charge is 2.55. The average Bonchev–Trinajstić information content (AvgIpc) is 3.12. The number of fused-ring (bicyclic) bond motifs is 1. The normalized spacial score (nSPS) is 38.1. The maximum Gasteiger partial charge on any atom is 0.226 e. The van der Waals surface area contributed by atoms with Crippen LogP contribution in [-0.2, 0) is 4.79 Å². The fourth-order valence-corrected chi connectivity index (χ4v) is 4.40. The Bertz CT molecular complexity index is 310. The molecule has 3 heteroatoms. The summed E-state index contributed by atoms with van der Waals surface area (Å²) in [5.41, 5.74) is 0. The van der Waals surface area contributed by atoms with Crippen LogP contribution in [0.4, 0.5) is 0 Å². The van der Waals surface area contributed by atoms with Crippen LogP contribution in [0.25, 0.3) is 0 Å². The maximum absolute atomic E-state index is 12.5. The summed E-state index contributed by atoms with van der Waals surface area (Å²) in [6, 6.07) is 0. The van der Waals surface area contributed by atoms with E-state index in [1.807, 2.05) is 0 Å². The summed E-state index contributed by atoms with van der Waals surface area (Å²) in [6.45, 7) is 3.96. The van der Waals surface area contributed by atoms with E-state index in [-0.39, 0.29) is 5.38 Å². The number of nitrogens with zero attached hydrogens (tertiary/aromatic N) is 1. The van der Waals surface area contributed by atoms with E-state index in [1.165, 1.54) is 25.7 Å². The van der Waals surface area contributed by atoms with Crippen molar-refractivity contribution in [2.24, 2.45) is 23.7 Å². The van der Waals surface area contributed by atoms with Crippen molar-refractivity contribution in [3.63, 3.8) is 0 Å². The van der Waals surface area contributed by atoms with Crippen LogP contribution in [0.5, 0.6) is 0 Å². The highest BCUT2D eigenvalue weighted by molar-refractivity contribution is 6.20. The molecule has 0 bridgehead atoms. The lowest BCUT2D eigenvalue weighted by molar-refractivity contribution is -0.134. The molecule has 0 radical (unpaired) electrons. The molecule has 2 aliphatic carbocycles. The number of amides is 1. The zero-order valence-corrected chi connectivity index (χ0v) is 12.0. The van der Waals surface area contributed by atoms with E-state index in [2.05, 4.69) is 11.8 Å². The summed E-state index contributed by atoms with van der Waals surface area (Å²) >= 11 is 6.15. The minimum absolute atomic E-state index is 0.255. The van der Waals surface area contributed by atoms with Crippen molar-refractivity contribution in [1.29, 1.82) is 0 Å². The quantitative estimate of drug-likeness (QED) is 0.705. The van der Waals surface area contributed by atoms with Crippen LogP contribution in [0.1, 0.15) is 45.4 Å². The van der Waals surface area contributed by atoms with E-state index in [0.717, 1.165) is 37.8 Å². The summed E-state index contributed by atoms with van der Waals surface area (Å²) in [6.07, 6.45) is 7.48. The second-order valence-corrected chi connectivity index (χ2v) is 7.17. The number of carbonyl (C=O) groups is 1. The maximum atomic E-state index is 12.5. The molecule has 18 heavy (non-hydrogen) atoms. The molecular weight excluding hydrogens is 246 g/mol. The van der Waals surface area contributed by atoms with Crippen molar-refractivity contribution in [3.8, 4) is 0 Å². The molecule has 3 rings (SSSR count). The molecule has 1 aliphatic heterocycles. The summed E-state index contributed by atoms with van der Waals surface area (Å²) in [5, 5.41) is 0.255. The van der Waals surface area contributed by atoms with Gasteiger partial charge in [0, 0.05) is 24.4 Å². The molecule has 2 saturated carbocycles. The molecule has 1 heterocycles. The van der Waals surface area contributed by atoms with Gasteiger partial charge in [0.15, 0.2) is 0 Å². The number of rotatable bonds is 2. The van der Waals surface area contributed by atoms with Gasteiger partial charge in [0.1, 0.15) is 0 Å². The van der Waals surface area contributed by atoms with Gasteiger partial charge in [0.25, 0.3) is 0 Å². The minimum Gasteiger partial charge on any atom is -0.342 e. The van der Waals surface area contributed by atoms with Crippen molar-refractivity contribution < 1.29 is 4.79 Å². The third kappa shape index (κ3) is 2.29. The molecule has 0 aromatic rings. The van der Waals surface area contributed by atoms with E-state index in [9.17, 15) is 4.79 Å². The van der Waals surface area contributed by atoms with Crippen molar-refractivity contribution in [2.75, 3.05) is 13.1 Å². The Hall–Kier alpha value is -0.240. The fraction of sp³-hybridized carbons (Fsp3) is 0.933. The highest BCUT2D eigenvalue weighted by atomic mass is 35.5. The number of alkyl halides is 1. The standard InChI is InChI=1S/C15H24ClNO/c1-10(16)11-6-8-17(9-7-11)15(18)14-12-4-2-3-5-13(12)14/h10-14H,2-9H2,1H3. The molecule has 3 aliphatic rings. The van der Waals surface area contributed by atoms with Crippen LogP contribution in [-0.4, -0.2) is 29.3 Å². The summed E-state index contributed by atoms with van der Waals surface area (Å²) in [7, 11) is 0. The zero-order valence-electron chi connectivity index (χ0n) is 11.3. The molecule has 0 N–H and O–H groups in total. The Morgan fingerprint density at radius 2 is 1.67 bits per heavy atom. The number of hydrogen-bond donors (Lipinski definition) is 0. The lowest BCUT2D eigenvalue weighted by Crippen LogP contribution is -2.41. The van der Waals surface area contributed by atoms with Crippen LogP contribution in [0.2, 0.25) is 0 Å². The van der Waals surface area contributed by atoms with Gasteiger partial charge >= 0.3 is 0 Å². The second-order valence-electron chi connectivity index (χ2n) is 6.48. The fourth-order valence-electron chi connectivity index (χ4n) is 4.15. The Balaban J connectivity index is 1.52. The molecule has 1 amide bonds. The van der Waals surface area contributed by atoms with Crippen LogP contribution >= 0.6 is 11.6 Å². The molecule has 2 nitrogen and oxygen atoms in total. The minimum atomic E-state index is 0.255. The Morgan fingerprint density at radius 1 is 1.11 bits per heavy atom. The van der Waals surface area contributed by atoms with Crippen LogP contribution < -0.4 is 0 Å². The van der Waals surface area contributed by atoms with Crippen LogP contribution in [0, 0.1) is 23.7 Å². The monoisotopic (exact) mass is 269 g/mol.